The first-order chi connectivity index (χ1) is 13.6. The molecule has 2 aromatic carbocycles. The Hall–Kier alpha value is -3.04. The van der Waals surface area contributed by atoms with Crippen molar-refractivity contribution in [3.8, 4) is 11.8 Å². The molecule has 1 aliphatic heterocycles. The zero-order chi connectivity index (χ0) is 19.9. The summed E-state index contributed by atoms with van der Waals surface area (Å²) >= 11 is 0. The second-order valence-electron chi connectivity index (χ2n) is 6.91. The Bertz CT molecular complexity index is 852. The molecule has 0 radical (unpaired) electrons. The third kappa shape index (κ3) is 5.02. The van der Waals surface area contributed by atoms with Crippen molar-refractivity contribution < 1.29 is 14.6 Å². The van der Waals surface area contributed by atoms with E-state index in [0.717, 1.165) is 25.2 Å². The van der Waals surface area contributed by atoms with E-state index in [1.54, 1.807) is 30.3 Å². The molecular formula is C22H24N3O3-. The van der Waals surface area contributed by atoms with E-state index in [-0.39, 0.29) is 0 Å². The minimum absolute atomic E-state index is 0.506. The maximum absolute atomic E-state index is 11.9. The van der Waals surface area contributed by atoms with Crippen LogP contribution in [0.2, 0.25) is 0 Å². The van der Waals surface area contributed by atoms with Crippen LogP contribution in [-0.4, -0.2) is 30.6 Å². The van der Waals surface area contributed by atoms with Gasteiger partial charge in [0.1, 0.15) is 5.75 Å². The zero-order valence-corrected chi connectivity index (χ0v) is 16.0. The van der Waals surface area contributed by atoms with Crippen LogP contribution in [-0.2, 0) is 11.3 Å². The van der Waals surface area contributed by atoms with Crippen LogP contribution >= 0.6 is 0 Å². The van der Waals surface area contributed by atoms with Gasteiger partial charge in [-0.05, 0) is 80.4 Å². The second-order valence-corrected chi connectivity index (χ2v) is 6.91. The third-order valence-electron chi connectivity index (χ3n) is 4.80. The maximum atomic E-state index is 11.9. The van der Waals surface area contributed by atoms with Crippen LogP contribution in [0.4, 0.5) is 5.69 Å². The van der Waals surface area contributed by atoms with Crippen LogP contribution in [0.5, 0.6) is 5.75 Å². The fraction of sp³-hybridized carbons (Fsp3) is 0.364. The molecule has 1 unspecified atom stereocenters. The molecule has 0 amide bonds. The summed E-state index contributed by atoms with van der Waals surface area (Å²) in [5.41, 5.74) is 2.73. The Morgan fingerprint density at radius 1 is 1.25 bits per heavy atom. The number of carbonyl (C=O) groups excluding carboxylic acids is 1. The number of hydrogen-bond donors (Lipinski definition) is 1. The first-order valence-corrected chi connectivity index (χ1v) is 9.55. The number of aliphatic carboxylic acids is 1. The van der Waals surface area contributed by atoms with E-state index >= 15 is 0 Å². The van der Waals surface area contributed by atoms with Gasteiger partial charge in [0.25, 0.3) is 0 Å². The molecule has 3 rings (SSSR count). The summed E-state index contributed by atoms with van der Waals surface area (Å²) in [4.78, 5) is 14.2. The molecule has 1 N–H and O–H groups in total. The molecule has 1 atom stereocenters. The Labute approximate surface area is 165 Å². The molecule has 1 aliphatic rings. The van der Waals surface area contributed by atoms with Crippen LogP contribution in [0.3, 0.4) is 0 Å². The summed E-state index contributed by atoms with van der Waals surface area (Å²) in [5.74, 6) is -0.563. The van der Waals surface area contributed by atoms with E-state index in [2.05, 4.69) is 10.2 Å². The molecule has 1 saturated heterocycles. The number of anilines is 1. The van der Waals surface area contributed by atoms with Crippen molar-refractivity contribution >= 4 is 11.7 Å². The van der Waals surface area contributed by atoms with Crippen molar-refractivity contribution in [1.29, 1.82) is 5.26 Å². The van der Waals surface area contributed by atoms with Gasteiger partial charge in [0, 0.05) is 12.2 Å². The Morgan fingerprint density at radius 3 is 2.57 bits per heavy atom. The first-order valence-electron chi connectivity index (χ1n) is 9.55. The Morgan fingerprint density at radius 2 is 1.96 bits per heavy atom. The average Bonchev–Trinajstić information content (AvgIpc) is 3.19. The van der Waals surface area contributed by atoms with Gasteiger partial charge in [0.15, 0.2) is 0 Å². The highest BCUT2D eigenvalue weighted by Crippen LogP contribution is 2.27. The lowest BCUT2D eigenvalue weighted by Gasteiger charge is -2.24. The number of rotatable bonds is 8. The minimum Gasteiger partial charge on any atom is -0.548 e. The number of ether oxygens (including phenoxy) is 1. The average molecular weight is 378 g/mol. The summed E-state index contributed by atoms with van der Waals surface area (Å²) in [7, 11) is 0. The number of benzene rings is 2. The number of hydrogen-bond acceptors (Lipinski definition) is 6. The number of carboxylic acid groups (broad SMARTS) is 1. The number of nitrogens with one attached hydrogen (secondary N) is 1. The van der Waals surface area contributed by atoms with Gasteiger partial charge < -0.3 is 20.0 Å². The number of nitriles is 1. The van der Waals surface area contributed by atoms with E-state index in [0.29, 0.717) is 29.2 Å². The van der Waals surface area contributed by atoms with Gasteiger partial charge in [0.2, 0.25) is 0 Å². The van der Waals surface area contributed by atoms with Gasteiger partial charge in [0.05, 0.1) is 30.3 Å². The van der Waals surface area contributed by atoms with Crippen molar-refractivity contribution in [2.45, 2.75) is 32.4 Å². The maximum Gasteiger partial charge on any atom is 0.119 e. The molecule has 6 heteroatoms. The van der Waals surface area contributed by atoms with Crippen molar-refractivity contribution in [2.75, 3.05) is 25.0 Å². The molecule has 0 aromatic heterocycles. The van der Waals surface area contributed by atoms with Crippen LogP contribution in [0.1, 0.15) is 42.5 Å². The smallest absolute Gasteiger partial charge is 0.119 e. The summed E-state index contributed by atoms with van der Waals surface area (Å²) in [5, 5.41) is 23.8. The Kier molecular flexibility index (Phi) is 6.51. The van der Waals surface area contributed by atoms with Gasteiger partial charge in [-0.25, -0.2) is 0 Å². The highest BCUT2D eigenvalue weighted by molar-refractivity contribution is 5.78. The molecule has 1 heterocycles. The lowest BCUT2D eigenvalue weighted by Crippen LogP contribution is -2.34. The lowest BCUT2D eigenvalue weighted by molar-refractivity contribution is -0.307. The van der Waals surface area contributed by atoms with Gasteiger partial charge in [-0.2, -0.15) is 5.26 Å². The fourth-order valence-electron chi connectivity index (χ4n) is 3.48. The van der Waals surface area contributed by atoms with Crippen molar-refractivity contribution in [2.24, 2.45) is 0 Å². The number of carbonyl (C=O) groups is 1. The first kappa shape index (κ1) is 19.7. The molecule has 1 fully saturated rings. The largest absolute Gasteiger partial charge is 0.548 e. The van der Waals surface area contributed by atoms with Gasteiger partial charge in [-0.15, -0.1) is 0 Å². The molecule has 0 spiro atoms. The van der Waals surface area contributed by atoms with Crippen LogP contribution in [0.25, 0.3) is 0 Å². The minimum atomic E-state index is -1.22. The predicted octanol–water partition coefficient (Wildman–Crippen LogP) is 2.46. The second kappa shape index (κ2) is 9.25. The van der Waals surface area contributed by atoms with E-state index in [4.69, 9.17) is 10.00 Å². The lowest BCUT2D eigenvalue weighted by atomic mass is 10.0. The van der Waals surface area contributed by atoms with Crippen LogP contribution < -0.4 is 15.2 Å². The third-order valence-corrected chi connectivity index (χ3v) is 4.80. The normalized spacial score (nSPS) is 15.0. The Balaban J connectivity index is 1.87. The molecule has 0 saturated carbocycles. The quantitative estimate of drug-likeness (QED) is 0.759. The standard InChI is InChI=1S/C22H25N3O3/c1-2-28-20-12-17(15-25-9-3-4-10-25)11-18(13-20)21(22(26)27)24-19-7-5-16(14-23)6-8-19/h5-8,11-13,21,24H,2-4,9-10,15H2,1H3,(H,26,27)/p-1. The SMILES string of the molecule is CCOc1cc(CN2CCCC2)cc(C(Nc2ccc(C#N)cc2)C(=O)[O-])c1. The monoisotopic (exact) mass is 378 g/mol. The number of nitrogens with zero attached hydrogens (tertiary/aromatic N) is 2. The van der Waals surface area contributed by atoms with Crippen molar-refractivity contribution in [3.05, 3.63) is 59.2 Å². The summed E-state index contributed by atoms with van der Waals surface area (Å²) in [6.45, 7) is 5.29. The van der Waals surface area contributed by atoms with Crippen molar-refractivity contribution in [1.82, 2.24) is 4.90 Å². The molecule has 28 heavy (non-hydrogen) atoms. The van der Waals surface area contributed by atoms with Gasteiger partial charge in [-0.3, -0.25) is 4.90 Å². The predicted molar refractivity (Wildman–Crippen MR) is 105 cm³/mol. The van der Waals surface area contributed by atoms with E-state index in [1.165, 1.54) is 12.8 Å². The van der Waals surface area contributed by atoms with Crippen molar-refractivity contribution in [3.63, 3.8) is 0 Å². The molecular weight excluding hydrogens is 354 g/mol. The molecule has 146 valence electrons. The molecule has 6 nitrogen and oxygen atoms in total. The summed E-state index contributed by atoms with van der Waals surface area (Å²) in [6.07, 6.45) is 2.39. The highest BCUT2D eigenvalue weighted by atomic mass is 16.5. The summed E-state index contributed by atoms with van der Waals surface area (Å²) in [6, 6.07) is 13.3. The molecule has 0 aliphatic carbocycles. The van der Waals surface area contributed by atoms with E-state index < -0.39 is 12.0 Å². The number of likely N-dealkylation sites (tertiary alicyclic amines) is 1. The van der Waals surface area contributed by atoms with Crippen LogP contribution in [0, 0.1) is 11.3 Å². The molecule has 0 bridgehead atoms. The van der Waals surface area contributed by atoms with E-state index in [9.17, 15) is 9.90 Å². The zero-order valence-electron chi connectivity index (χ0n) is 16.0. The topological polar surface area (TPSA) is 88.4 Å². The fourth-order valence-corrected chi connectivity index (χ4v) is 3.48. The molecule has 2 aromatic rings. The highest BCUT2D eigenvalue weighted by Gasteiger charge is 2.17. The van der Waals surface area contributed by atoms with Gasteiger partial charge in [-0.1, -0.05) is 6.07 Å². The van der Waals surface area contributed by atoms with Crippen LogP contribution in [0.15, 0.2) is 42.5 Å². The van der Waals surface area contributed by atoms with E-state index in [1.807, 2.05) is 25.1 Å². The summed E-state index contributed by atoms with van der Waals surface area (Å²) < 4.78 is 5.67. The number of carboxylic acids is 1. The van der Waals surface area contributed by atoms with Gasteiger partial charge >= 0.3 is 0 Å².